The van der Waals surface area contributed by atoms with Gasteiger partial charge in [-0.05, 0) is 36.4 Å². The fourth-order valence-corrected chi connectivity index (χ4v) is 5.38. The van der Waals surface area contributed by atoms with Crippen LogP contribution < -0.4 is 14.8 Å². The summed E-state index contributed by atoms with van der Waals surface area (Å²) in [5.74, 6) is -0.0670. The van der Waals surface area contributed by atoms with Crippen LogP contribution in [0.15, 0.2) is 67.0 Å². The normalized spacial score (nSPS) is 14.5. The van der Waals surface area contributed by atoms with Crippen LogP contribution in [0, 0.1) is 11.6 Å². The molecule has 1 aliphatic rings. The van der Waals surface area contributed by atoms with Crippen LogP contribution in [0.25, 0.3) is 22.2 Å². The molecule has 0 amide bonds. The number of benzene rings is 2. The fraction of sp³-hybridized carbons (Fsp3) is 0.250. The average Bonchev–Trinajstić information content (AvgIpc) is 3.32. The molecule has 9 nitrogen and oxygen atoms in total. The van der Waals surface area contributed by atoms with E-state index in [2.05, 4.69) is 15.3 Å². The van der Waals surface area contributed by atoms with Crippen molar-refractivity contribution in [3.8, 4) is 28.6 Å². The van der Waals surface area contributed by atoms with Crippen LogP contribution in [0.3, 0.4) is 0 Å². The van der Waals surface area contributed by atoms with Crippen molar-refractivity contribution in [1.29, 1.82) is 0 Å². The second-order valence-electron chi connectivity index (χ2n) is 10.4. The van der Waals surface area contributed by atoms with E-state index in [-0.39, 0.29) is 23.7 Å². The molecule has 0 bridgehead atoms. The minimum absolute atomic E-state index is 0.0397. The number of fused-ring (bicyclic) bond motifs is 1. The molecule has 0 unspecified atom stereocenters. The number of methoxy groups -OCH3 is 2. The molecule has 0 saturated carbocycles. The molecule has 0 aliphatic carbocycles. The van der Waals surface area contributed by atoms with Gasteiger partial charge in [-0.1, -0.05) is 12.1 Å². The van der Waals surface area contributed by atoms with Gasteiger partial charge in [0.1, 0.15) is 29.0 Å². The molecule has 43 heavy (non-hydrogen) atoms. The van der Waals surface area contributed by atoms with E-state index in [0.717, 1.165) is 17.7 Å². The first-order valence-electron chi connectivity index (χ1n) is 13.7. The fourth-order valence-electron chi connectivity index (χ4n) is 5.38. The van der Waals surface area contributed by atoms with Crippen molar-refractivity contribution in [1.82, 2.24) is 14.5 Å². The standard InChI is InChI=1S/C32H30F2N4O5/c1-41-21-8-6-19(27(14-21)42-2)17-38-18-26-30(31(38)39)25(15-24(36-26)29-22(33)4-3-5-23(29)34)37-28-9-7-20(16-35-28)32(40)10-12-43-13-11-32/h3-9,14-16,18,39-40H,10-13,17H2,1-2H3,(H,35,37). The first-order valence-corrected chi connectivity index (χ1v) is 13.7. The van der Waals surface area contributed by atoms with Crippen LogP contribution in [0.2, 0.25) is 0 Å². The van der Waals surface area contributed by atoms with Gasteiger partial charge in [0.2, 0.25) is 5.88 Å². The maximum atomic E-state index is 14.8. The number of nitrogens with one attached hydrogen (secondary N) is 1. The number of hydrogen-bond donors (Lipinski definition) is 3. The average molecular weight is 589 g/mol. The number of hydrogen-bond acceptors (Lipinski definition) is 8. The van der Waals surface area contributed by atoms with E-state index >= 15 is 0 Å². The molecule has 1 aliphatic heterocycles. The summed E-state index contributed by atoms with van der Waals surface area (Å²) in [5.41, 5.74) is 0.794. The van der Waals surface area contributed by atoms with Crippen LogP contribution in [-0.4, -0.2) is 52.2 Å². The molecular formula is C32H30F2N4O5. The highest BCUT2D eigenvalue weighted by molar-refractivity contribution is 5.99. The Hall–Kier alpha value is -4.74. The lowest BCUT2D eigenvalue weighted by molar-refractivity contribution is -0.0680. The van der Waals surface area contributed by atoms with Gasteiger partial charge in [-0.25, -0.2) is 18.7 Å². The molecule has 3 N–H and O–H groups in total. The van der Waals surface area contributed by atoms with Crippen molar-refractivity contribution in [2.45, 2.75) is 25.0 Å². The molecule has 0 radical (unpaired) electrons. The zero-order valence-corrected chi connectivity index (χ0v) is 23.6. The first kappa shape index (κ1) is 28.4. The lowest BCUT2D eigenvalue weighted by atomic mass is 9.87. The van der Waals surface area contributed by atoms with Crippen LogP contribution in [0.4, 0.5) is 20.3 Å². The summed E-state index contributed by atoms with van der Waals surface area (Å²) in [4.78, 5) is 9.01. The van der Waals surface area contributed by atoms with Crippen molar-refractivity contribution < 1.29 is 33.2 Å². The van der Waals surface area contributed by atoms with E-state index < -0.39 is 17.2 Å². The third-order valence-electron chi connectivity index (χ3n) is 7.76. The molecule has 0 atom stereocenters. The molecule has 222 valence electrons. The number of pyridine rings is 2. The summed E-state index contributed by atoms with van der Waals surface area (Å²) >= 11 is 0. The maximum Gasteiger partial charge on any atom is 0.203 e. The molecule has 2 aromatic carbocycles. The first-order chi connectivity index (χ1) is 20.8. The molecular weight excluding hydrogens is 558 g/mol. The van der Waals surface area contributed by atoms with E-state index in [1.807, 2.05) is 6.07 Å². The second kappa shape index (κ2) is 11.5. The summed E-state index contributed by atoms with van der Waals surface area (Å²) in [6.45, 7) is 1.13. The zero-order chi connectivity index (χ0) is 30.1. The van der Waals surface area contributed by atoms with Crippen molar-refractivity contribution >= 4 is 22.4 Å². The van der Waals surface area contributed by atoms with Gasteiger partial charge >= 0.3 is 0 Å². The van der Waals surface area contributed by atoms with E-state index in [4.69, 9.17) is 14.2 Å². The van der Waals surface area contributed by atoms with Gasteiger partial charge in [-0.3, -0.25) is 0 Å². The quantitative estimate of drug-likeness (QED) is 0.206. The number of aromatic hydroxyl groups is 1. The molecule has 6 rings (SSSR count). The van der Waals surface area contributed by atoms with Crippen molar-refractivity contribution in [3.05, 3.63) is 89.8 Å². The topological polar surface area (TPSA) is 111 Å². The van der Waals surface area contributed by atoms with Crippen LogP contribution in [-0.2, 0) is 16.9 Å². The SMILES string of the molecule is COc1ccc(Cn2cc3nc(-c4c(F)cccc4F)cc(Nc4ccc(C5(O)CCOCC5)cn4)c3c2O)c(OC)c1. The summed E-state index contributed by atoms with van der Waals surface area (Å²) in [6, 6.07) is 13.9. The summed E-state index contributed by atoms with van der Waals surface area (Å²) < 4.78 is 47.5. The Morgan fingerprint density at radius 1 is 1.02 bits per heavy atom. The van der Waals surface area contributed by atoms with Crippen LogP contribution >= 0.6 is 0 Å². The Morgan fingerprint density at radius 2 is 1.79 bits per heavy atom. The number of aromatic nitrogens is 3. The molecule has 0 spiro atoms. The van der Waals surface area contributed by atoms with E-state index in [9.17, 15) is 19.0 Å². The monoisotopic (exact) mass is 588 g/mol. The Labute approximate surface area is 246 Å². The van der Waals surface area contributed by atoms with Crippen LogP contribution in [0.5, 0.6) is 17.4 Å². The predicted octanol–water partition coefficient (Wildman–Crippen LogP) is 5.89. The second-order valence-corrected chi connectivity index (χ2v) is 10.4. The van der Waals surface area contributed by atoms with Crippen molar-refractivity contribution in [3.63, 3.8) is 0 Å². The molecule has 3 aromatic heterocycles. The third-order valence-corrected chi connectivity index (χ3v) is 7.76. The maximum absolute atomic E-state index is 14.8. The van der Waals surface area contributed by atoms with Gasteiger partial charge in [-0.15, -0.1) is 0 Å². The van der Waals surface area contributed by atoms with Crippen LogP contribution in [0.1, 0.15) is 24.0 Å². The number of ether oxygens (including phenoxy) is 3. The summed E-state index contributed by atoms with van der Waals surface area (Å²) in [5, 5.41) is 25.9. The Bertz CT molecular complexity index is 1770. The highest BCUT2D eigenvalue weighted by Gasteiger charge is 2.32. The number of nitrogens with zero attached hydrogens (tertiary/aromatic N) is 3. The van der Waals surface area contributed by atoms with E-state index in [0.29, 0.717) is 65.5 Å². The van der Waals surface area contributed by atoms with E-state index in [1.165, 1.54) is 12.1 Å². The Kier molecular flexibility index (Phi) is 7.59. The number of halogens is 2. The molecule has 11 heteroatoms. The minimum Gasteiger partial charge on any atom is -0.497 e. The number of rotatable bonds is 8. The van der Waals surface area contributed by atoms with E-state index in [1.54, 1.807) is 55.4 Å². The highest BCUT2D eigenvalue weighted by Crippen LogP contribution is 2.39. The van der Waals surface area contributed by atoms with Gasteiger partial charge in [0.15, 0.2) is 0 Å². The van der Waals surface area contributed by atoms with Crippen molar-refractivity contribution in [2.24, 2.45) is 0 Å². The Balaban J connectivity index is 1.43. The van der Waals surface area contributed by atoms with Gasteiger partial charge in [0, 0.05) is 55.6 Å². The van der Waals surface area contributed by atoms with Gasteiger partial charge in [-0.2, -0.15) is 0 Å². The lowest BCUT2D eigenvalue weighted by Gasteiger charge is -2.32. The molecule has 1 saturated heterocycles. The molecule has 1 fully saturated rings. The van der Waals surface area contributed by atoms with Gasteiger partial charge in [0.05, 0.1) is 54.2 Å². The predicted molar refractivity (Wildman–Crippen MR) is 157 cm³/mol. The summed E-state index contributed by atoms with van der Waals surface area (Å²) in [6.07, 6.45) is 4.12. The Morgan fingerprint density at radius 3 is 2.47 bits per heavy atom. The highest BCUT2D eigenvalue weighted by atomic mass is 19.1. The van der Waals surface area contributed by atoms with Crippen molar-refractivity contribution in [2.75, 3.05) is 32.8 Å². The minimum atomic E-state index is -1.03. The number of aliphatic hydroxyl groups is 1. The number of anilines is 2. The molecule has 5 aromatic rings. The van der Waals surface area contributed by atoms with Gasteiger partial charge in [0.25, 0.3) is 0 Å². The third kappa shape index (κ3) is 5.44. The largest absolute Gasteiger partial charge is 0.497 e. The smallest absolute Gasteiger partial charge is 0.203 e. The van der Waals surface area contributed by atoms with Gasteiger partial charge < -0.3 is 34.3 Å². The molecule has 4 heterocycles. The zero-order valence-electron chi connectivity index (χ0n) is 23.6. The summed E-state index contributed by atoms with van der Waals surface area (Å²) in [7, 11) is 3.10. The lowest BCUT2D eigenvalue weighted by Crippen LogP contribution is -2.33.